The van der Waals surface area contributed by atoms with Gasteiger partial charge in [0.25, 0.3) is 0 Å². The summed E-state index contributed by atoms with van der Waals surface area (Å²) < 4.78 is 18.6. The van der Waals surface area contributed by atoms with E-state index in [1.807, 2.05) is 0 Å². The van der Waals surface area contributed by atoms with Crippen molar-refractivity contribution in [1.82, 2.24) is 0 Å². The number of nitrogens with one attached hydrogen (secondary N) is 1. The van der Waals surface area contributed by atoms with Crippen LogP contribution in [0.2, 0.25) is 0 Å². The number of benzene rings is 1. The van der Waals surface area contributed by atoms with Crippen LogP contribution in [0.25, 0.3) is 0 Å². The second-order valence-electron chi connectivity index (χ2n) is 4.15. The highest BCUT2D eigenvalue weighted by Crippen LogP contribution is 2.32. The van der Waals surface area contributed by atoms with E-state index in [0.29, 0.717) is 24.0 Å². The third-order valence-electron chi connectivity index (χ3n) is 2.57. The van der Waals surface area contributed by atoms with Gasteiger partial charge in [0.05, 0.1) is 18.8 Å². The Bertz CT molecular complexity index is 425. The van der Waals surface area contributed by atoms with Gasteiger partial charge in [-0.2, -0.15) is 0 Å². The van der Waals surface area contributed by atoms with Gasteiger partial charge in [-0.15, -0.1) is 12.4 Å². The molecule has 0 bridgehead atoms. The van der Waals surface area contributed by atoms with Crippen LogP contribution in [0.1, 0.15) is 12.8 Å². The van der Waals surface area contributed by atoms with E-state index in [0.717, 1.165) is 12.8 Å². The van der Waals surface area contributed by atoms with E-state index in [2.05, 4.69) is 5.32 Å². The first-order valence-electron chi connectivity index (χ1n) is 5.61. The highest BCUT2D eigenvalue weighted by atomic mass is 35.5. The second kappa shape index (κ2) is 6.56. The molecule has 1 saturated carbocycles. The molecule has 0 spiro atoms. The van der Waals surface area contributed by atoms with Crippen LogP contribution >= 0.6 is 12.4 Å². The molecule has 1 amide bonds. The van der Waals surface area contributed by atoms with Crippen molar-refractivity contribution in [2.45, 2.75) is 12.8 Å². The standard InChI is InChI=1S/C12H15FN2O2.ClH/c13-9-3-4-10(15-12(16)6-14)11(5-9)17-7-8-1-2-8;/h3-5,8H,1-2,6-7,14H2,(H,15,16);1H. The Hall–Kier alpha value is -1.33. The molecular formula is C12H16ClFN2O2. The number of carbonyl (C=O) groups excluding carboxylic acids is 1. The zero-order chi connectivity index (χ0) is 12.3. The highest BCUT2D eigenvalue weighted by molar-refractivity contribution is 5.93. The van der Waals surface area contributed by atoms with Crippen LogP contribution in [0.5, 0.6) is 5.75 Å². The summed E-state index contributed by atoms with van der Waals surface area (Å²) in [6.45, 7) is 0.453. The minimum atomic E-state index is -0.387. The lowest BCUT2D eigenvalue weighted by Gasteiger charge is -2.11. The van der Waals surface area contributed by atoms with Crippen LogP contribution in [-0.2, 0) is 4.79 Å². The molecule has 1 fully saturated rings. The third-order valence-corrected chi connectivity index (χ3v) is 2.57. The summed E-state index contributed by atoms with van der Waals surface area (Å²) in [6, 6.07) is 4.02. The number of amides is 1. The fourth-order valence-corrected chi connectivity index (χ4v) is 1.41. The molecule has 4 nitrogen and oxygen atoms in total. The first-order chi connectivity index (χ1) is 8.19. The predicted octanol–water partition coefficient (Wildman–Crippen LogP) is 1.93. The minimum Gasteiger partial charge on any atom is -0.491 e. The lowest BCUT2D eigenvalue weighted by atomic mass is 10.2. The Labute approximate surface area is 111 Å². The fourth-order valence-electron chi connectivity index (χ4n) is 1.41. The molecule has 0 saturated heterocycles. The molecule has 1 aromatic carbocycles. The molecule has 3 N–H and O–H groups in total. The van der Waals surface area contributed by atoms with Crippen molar-refractivity contribution in [3.63, 3.8) is 0 Å². The Morgan fingerprint density at radius 3 is 2.83 bits per heavy atom. The van der Waals surface area contributed by atoms with E-state index in [-0.39, 0.29) is 30.7 Å². The van der Waals surface area contributed by atoms with E-state index in [9.17, 15) is 9.18 Å². The largest absolute Gasteiger partial charge is 0.491 e. The second-order valence-corrected chi connectivity index (χ2v) is 4.15. The van der Waals surface area contributed by atoms with Crippen LogP contribution in [-0.4, -0.2) is 19.1 Å². The molecule has 18 heavy (non-hydrogen) atoms. The number of hydrogen-bond donors (Lipinski definition) is 2. The highest BCUT2D eigenvalue weighted by Gasteiger charge is 2.22. The van der Waals surface area contributed by atoms with Gasteiger partial charge >= 0.3 is 0 Å². The van der Waals surface area contributed by atoms with Gasteiger partial charge < -0.3 is 15.8 Å². The van der Waals surface area contributed by atoms with Crippen LogP contribution in [0.3, 0.4) is 0 Å². The van der Waals surface area contributed by atoms with Gasteiger partial charge in [-0.3, -0.25) is 4.79 Å². The predicted molar refractivity (Wildman–Crippen MR) is 69.6 cm³/mol. The fraction of sp³-hybridized carbons (Fsp3) is 0.417. The van der Waals surface area contributed by atoms with Crippen molar-refractivity contribution < 1.29 is 13.9 Å². The van der Waals surface area contributed by atoms with Crippen molar-refractivity contribution in [3.8, 4) is 5.75 Å². The van der Waals surface area contributed by atoms with E-state index >= 15 is 0 Å². The maximum atomic E-state index is 13.1. The normalized spacial score (nSPS) is 13.7. The van der Waals surface area contributed by atoms with Crippen LogP contribution in [0.4, 0.5) is 10.1 Å². The molecule has 1 aliphatic carbocycles. The smallest absolute Gasteiger partial charge is 0.238 e. The van der Waals surface area contributed by atoms with Crippen molar-refractivity contribution in [2.75, 3.05) is 18.5 Å². The molecule has 0 radical (unpaired) electrons. The Balaban J connectivity index is 0.00000162. The summed E-state index contributed by atoms with van der Waals surface area (Å²) in [4.78, 5) is 11.2. The van der Waals surface area contributed by atoms with Gasteiger partial charge in [-0.05, 0) is 30.9 Å². The molecular weight excluding hydrogens is 259 g/mol. The van der Waals surface area contributed by atoms with Gasteiger partial charge in [-0.1, -0.05) is 0 Å². The van der Waals surface area contributed by atoms with Gasteiger partial charge in [0.1, 0.15) is 11.6 Å². The first-order valence-corrected chi connectivity index (χ1v) is 5.61. The van der Waals surface area contributed by atoms with Crippen molar-refractivity contribution in [1.29, 1.82) is 0 Å². The maximum Gasteiger partial charge on any atom is 0.238 e. The molecule has 100 valence electrons. The molecule has 2 rings (SSSR count). The first kappa shape index (κ1) is 14.7. The quantitative estimate of drug-likeness (QED) is 0.862. The molecule has 6 heteroatoms. The number of carbonyl (C=O) groups is 1. The number of halogens is 2. The monoisotopic (exact) mass is 274 g/mol. The topological polar surface area (TPSA) is 64.4 Å². The Kier molecular flexibility index (Phi) is 5.37. The lowest BCUT2D eigenvalue weighted by Crippen LogP contribution is -2.22. The number of ether oxygens (including phenoxy) is 1. The molecule has 0 aliphatic heterocycles. The maximum absolute atomic E-state index is 13.1. The zero-order valence-electron chi connectivity index (χ0n) is 9.82. The van der Waals surface area contributed by atoms with Crippen molar-refractivity contribution in [3.05, 3.63) is 24.0 Å². The van der Waals surface area contributed by atoms with E-state index in [1.165, 1.54) is 18.2 Å². The number of rotatable bonds is 5. The summed E-state index contributed by atoms with van der Waals surface area (Å²) in [5.41, 5.74) is 5.67. The molecule has 0 unspecified atom stereocenters. The molecule has 0 atom stereocenters. The minimum absolute atomic E-state index is 0. The molecule has 1 aliphatic rings. The number of nitrogens with two attached hydrogens (primary N) is 1. The summed E-state index contributed by atoms with van der Waals surface area (Å²) >= 11 is 0. The average Bonchev–Trinajstić information content (AvgIpc) is 3.13. The molecule has 0 aromatic heterocycles. The zero-order valence-corrected chi connectivity index (χ0v) is 10.6. The Morgan fingerprint density at radius 1 is 1.50 bits per heavy atom. The summed E-state index contributed by atoms with van der Waals surface area (Å²) in [5, 5.41) is 2.58. The molecule has 0 heterocycles. The summed E-state index contributed by atoms with van der Waals surface area (Å²) in [7, 11) is 0. The Morgan fingerprint density at radius 2 is 2.22 bits per heavy atom. The van der Waals surface area contributed by atoms with Gasteiger partial charge in [0, 0.05) is 6.07 Å². The van der Waals surface area contributed by atoms with E-state index in [1.54, 1.807) is 0 Å². The van der Waals surface area contributed by atoms with Gasteiger partial charge in [0.15, 0.2) is 0 Å². The summed E-state index contributed by atoms with van der Waals surface area (Å²) in [6.07, 6.45) is 2.31. The third kappa shape index (κ3) is 4.16. The van der Waals surface area contributed by atoms with Crippen LogP contribution in [0, 0.1) is 11.7 Å². The van der Waals surface area contributed by atoms with E-state index < -0.39 is 0 Å². The average molecular weight is 275 g/mol. The number of hydrogen-bond acceptors (Lipinski definition) is 3. The van der Waals surface area contributed by atoms with Crippen LogP contribution < -0.4 is 15.8 Å². The van der Waals surface area contributed by atoms with Gasteiger partial charge in [0.2, 0.25) is 5.91 Å². The van der Waals surface area contributed by atoms with Crippen LogP contribution in [0.15, 0.2) is 18.2 Å². The number of anilines is 1. The summed E-state index contributed by atoms with van der Waals surface area (Å²) in [5.74, 6) is 0.212. The van der Waals surface area contributed by atoms with E-state index in [4.69, 9.17) is 10.5 Å². The van der Waals surface area contributed by atoms with Crippen molar-refractivity contribution in [2.24, 2.45) is 11.7 Å². The van der Waals surface area contributed by atoms with Gasteiger partial charge in [-0.25, -0.2) is 4.39 Å². The lowest BCUT2D eigenvalue weighted by molar-refractivity contribution is -0.114. The molecule has 1 aromatic rings. The SMILES string of the molecule is Cl.NCC(=O)Nc1ccc(F)cc1OCC1CC1. The van der Waals surface area contributed by atoms with Crippen molar-refractivity contribution >= 4 is 24.0 Å².